The molecule has 0 spiro atoms. The van der Waals surface area contributed by atoms with Crippen molar-refractivity contribution in [1.82, 2.24) is 0 Å². The summed E-state index contributed by atoms with van der Waals surface area (Å²) in [6.07, 6.45) is -4.44. The molecule has 7 heteroatoms. The summed E-state index contributed by atoms with van der Waals surface area (Å²) < 4.78 is 38.2. The van der Waals surface area contributed by atoms with Crippen LogP contribution in [0.3, 0.4) is 0 Å². The summed E-state index contributed by atoms with van der Waals surface area (Å²) in [4.78, 5) is 0. The molecule has 0 unspecified atom stereocenters. The number of benzene rings is 2. The lowest BCUT2D eigenvalue weighted by Gasteiger charge is -2.14. The molecule has 0 aliphatic heterocycles. The molecule has 0 saturated carbocycles. The average molecular weight is 374 g/mol. The Morgan fingerprint density at radius 3 is 2.14 bits per heavy atom. The van der Waals surface area contributed by atoms with E-state index in [4.69, 9.17) is 46.4 Å². The lowest BCUT2D eigenvalue weighted by atomic mass is 9.98. The van der Waals surface area contributed by atoms with Crippen LogP contribution in [0.4, 0.5) is 13.2 Å². The number of hydrogen-bond donors (Lipinski definition) is 0. The predicted octanol–water partition coefficient (Wildman–Crippen LogP) is 7.07. The van der Waals surface area contributed by atoms with Crippen LogP contribution in [-0.4, -0.2) is 0 Å². The standard InChI is InChI=1S/C14H7Cl4F3/c15-6-7-3-8(14(19,20)21)1-2-10(7)11-4-9(16)5-12(17)13(11)18/h1-5H,6H2. The van der Waals surface area contributed by atoms with E-state index >= 15 is 0 Å². The SMILES string of the molecule is FC(F)(F)c1ccc(-c2cc(Cl)cc(Cl)c2Cl)c(CCl)c1. The van der Waals surface area contributed by atoms with Gasteiger partial charge in [0.05, 0.1) is 15.6 Å². The number of hydrogen-bond acceptors (Lipinski definition) is 0. The third-order valence-corrected chi connectivity index (χ3v) is 4.17. The summed E-state index contributed by atoms with van der Waals surface area (Å²) in [5.74, 6) is -0.0975. The molecular formula is C14H7Cl4F3. The average Bonchev–Trinajstić information content (AvgIpc) is 2.41. The summed E-state index contributed by atoms with van der Waals surface area (Å²) in [6.45, 7) is 0. The highest BCUT2D eigenvalue weighted by molar-refractivity contribution is 6.45. The van der Waals surface area contributed by atoms with Crippen molar-refractivity contribution < 1.29 is 13.2 Å². The lowest BCUT2D eigenvalue weighted by molar-refractivity contribution is -0.137. The second-order valence-corrected chi connectivity index (χ2v) is 5.74. The molecule has 0 nitrogen and oxygen atoms in total. The summed E-state index contributed by atoms with van der Waals surface area (Å²) in [5, 5.41) is 0.770. The van der Waals surface area contributed by atoms with Gasteiger partial charge in [-0.3, -0.25) is 0 Å². The van der Waals surface area contributed by atoms with Gasteiger partial charge in [0.25, 0.3) is 0 Å². The van der Waals surface area contributed by atoms with Crippen molar-refractivity contribution in [2.45, 2.75) is 12.1 Å². The van der Waals surface area contributed by atoms with Crippen LogP contribution in [0, 0.1) is 0 Å². The van der Waals surface area contributed by atoms with Crippen LogP contribution in [0.2, 0.25) is 15.1 Å². The monoisotopic (exact) mass is 372 g/mol. The van der Waals surface area contributed by atoms with Crippen molar-refractivity contribution >= 4 is 46.4 Å². The van der Waals surface area contributed by atoms with Crippen LogP contribution in [-0.2, 0) is 12.1 Å². The van der Waals surface area contributed by atoms with Gasteiger partial charge in [0.2, 0.25) is 0 Å². The predicted molar refractivity (Wildman–Crippen MR) is 81.5 cm³/mol. The second kappa shape index (κ2) is 6.25. The molecule has 21 heavy (non-hydrogen) atoms. The van der Waals surface area contributed by atoms with Gasteiger partial charge < -0.3 is 0 Å². The maximum atomic E-state index is 12.7. The summed E-state index contributed by atoms with van der Waals surface area (Å²) >= 11 is 23.7. The van der Waals surface area contributed by atoms with E-state index in [2.05, 4.69) is 0 Å². The first-order valence-electron chi connectivity index (χ1n) is 5.65. The van der Waals surface area contributed by atoms with E-state index in [0.29, 0.717) is 21.7 Å². The van der Waals surface area contributed by atoms with Crippen LogP contribution >= 0.6 is 46.4 Å². The second-order valence-electron chi connectivity index (χ2n) is 4.25. The molecule has 0 bridgehead atoms. The van der Waals surface area contributed by atoms with Crippen LogP contribution in [0.5, 0.6) is 0 Å². The Balaban J connectivity index is 2.65. The summed E-state index contributed by atoms with van der Waals surface area (Å²) in [6, 6.07) is 6.27. The van der Waals surface area contributed by atoms with E-state index in [1.54, 1.807) is 0 Å². The van der Waals surface area contributed by atoms with Gasteiger partial charge in [-0.15, -0.1) is 11.6 Å². The van der Waals surface area contributed by atoms with E-state index < -0.39 is 11.7 Å². The molecule has 0 N–H and O–H groups in total. The fraction of sp³-hybridized carbons (Fsp3) is 0.143. The van der Waals surface area contributed by atoms with Gasteiger partial charge in [0.15, 0.2) is 0 Å². The van der Waals surface area contributed by atoms with E-state index in [9.17, 15) is 13.2 Å². The van der Waals surface area contributed by atoms with Gasteiger partial charge in [-0.25, -0.2) is 0 Å². The Hall–Kier alpha value is -0.610. The molecular weight excluding hydrogens is 367 g/mol. The molecule has 0 fully saturated rings. The highest BCUT2D eigenvalue weighted by Crippen LogP contribution is 2.40. The molecule has 2 aromatic carbocycles. The van der Waals surface area contributed by atoms with E-state index in [0.717, 1.165) is 12.1 Å². The third kappa shape index (κ3) is 3.59. The molecule has 0 atom stereocenters. The normalized spacial score (nSPS) is 11.8. The molecule has 0 aliphatic rings. The minimum atomic E-state index is -4.44. The van der Waals surface area contributed by atoms with Crippen molar-refractivity contribution in [3.8, 4) is 11.1 Å². The Kier molecular flexibility index (Phi) is 4.99. The van der Waals surface area contributed by atoms with Crippen molar-refractivity contribution in [1.29, 1.82) is 0 Å². The lowest BCUT2D eigenvalue weighted by Crippen LogP contribution is -2.05. The van der Waals surface area contributed by atoms with Crippen molar-refractivity contribution in [3.63, 3.8) is 0 Å². The molecule has 2 rings (SSSR count). The summed E-state index contributed by atoms with van der Waals surface area (Å²) in [5.41, 5.74) is 0.434. The van der Waals surface area contributed by atoms with Crippen molar-refractivity contribution in [2.75, 3.05) is 0 Å². The maximum absolute atomic E-state index is 12.7. The molecule has 0 aromatic heterocycles. The zero-order chi connectivity index (χ0) is 15.8. The quantitative estimate of drug-likeness (QED) is 0.390. The van der Waals surface area contributed by atoms with Gasteiger partial charge in [-0.05, 0) is 35.4 Å². The van der Waals surface area contributed by atoms with Crippen LogP contribution in [0.25, 0.3) is 11.1 Å². The first kappa shape index (κ1) is 16.8. The highest BCUT2D eigenvalue weighted by Gasteiger charge is 2.31. The Labute approximate surface area is 139 Å². The fourth-order valence-corrected chi connectivity index (χ4v) is 2.82. The van der Waals surface area contributed by atoms with Gasteiger partial charge in [0.1, 0.15) is 0 Å². The number of halogens is 7. The maximum Gasteiger partial charge on any atom is 0.416 e. The van der Waals surface area contributed by atoms with Gasteiger partial charge in [-0.1, -0.05) is 40.9 Å². The van der Waals surface area contributed by atoms with E-state index in [1.165, 1.54) is 18.2 Å². The Morgan fingerprint density at radius 2 is 1.57 bits per heavy atom. The largest absolute Gasteiger partial charge is 0.416 e. The van der Waals surface area contributed by atoms with Crippen LogP contribution in [0.15, 0.2) is 30.3 Å². The fourth-order valence-electron chi connectivity index (χ4n) is 1.90. The van der Waals surface area contributed by atoms with Crippen LogP contribution < -0.4 is 0 Å². The molecule has 0 heterocycles. The molecule has 0 saturated heterocycles. The van der Waals surface area contributed by atoms with Gasteiger partial charge >= 0.3 is 6.18 Å². The van der Waals surface area contributed by atoms with E-state index in [-0.39, 0.29) is 15.9 Å². The molecule has 0 radical (unpaired) electrons. The highest BCUT2D eigenvalue weighted by atomic mass is 35.5. The van der Waals surface area contributed by atoms with Crippen LogP contribution in [0.1, 0.15) is 11.1 Å². The van der Waals surface area contributed by atoms with Crippen molar-refractivity contribution in [3.05, 3.63) is 56.5 Å². The zero-order valence-corrected chi connectivity index (χ0v) is 13.3. The summed E-state index contributed by atoms with van der Waals surface area (Å²) in [7, 11) is 0. The minimum absolute atomic E-state index is 0.0975. The molecule has 0 amide bonds. The topological polar surface area (TPSA) is 0 Å². The Bertz CT molecular complexity index is 681. The molecule has 0 aliphatic carbocycles. The van der Waals surface area contributed by atoms with E-state index in [1.807, 2.05) is 0 Å². The molecule has 112 valence electrons. The third-order valence-electron chi connectivity index (χ3n) is 2.86. The smallest absolute Gasteiger partial charge is 0.166 e. The van der Waals surface area contributed by atoms with Gasteiger partial charge in [-0.2, -0.15) is 13.2 Å². The number of rotatable bonds is 2. The number of alkyl halides is 4. The minimum Gasteiger partial charge on any atom is -0.166 e. The first-order chi connectivity index (χ1) is 9.74. The van der Waals surface area contributed by atoms with Gasteiger partial charge in [0, 0.05) is 16.5 Å². The first-order valence-corrected chi connectivity index (χ1v) is 7.32. The zero-order valence-electron chi connectivity index (χ0n) is 10.2. The Morgan fingerprint density at radius 1 is 0.905 bits per heavy atom. The van der Waals surface area contributed by atoms with Crippen molar-refractivity contribution in [2.24, 2.45) is 0 Å². The molecule has 2 aromatic rings.